The number of primary sulfonamides is 1. The number of aliphatic hydroxyl groups is 1. The lowest BCUT2D eigenvalue weighted by Crippen LogP contribution is -2.15. The molecular weight excluding hydrogens is 482 g/mol. The summed E-state index contributed by atoms with van der Waals surface area (Å²) in [6.45, 7) is 1.55. The summed E-state index contributed by atoms with van der Waals surface area (Å²) >= 11 is 0. The van der Waals surface area contributed by atoms with Crippen molar-refractivity contribution in [2.75, 3.05) is 11.9 Å². The molecule has 2 heterocycles. The molecule has 1 amide bonds. The van der Waals surface area contributed by atoms with Crippen LogP contribution in [0, 0.1) is 11.6 Å². The van der Waals surface area contributed by atoms with Gasteiger partial charge in [0.2, 0.25) is 10.0 Å². The summed E-state index contributed by atoms with van der Waals surface area (Å²) in [6.07, 6.45) is 1.50. The molecule has 0 aliphatic rings. The Morgan fingerprint density at radius 3 is 2.51 bits per heavy atom. The zero-order valence-electron chi connectivity index (χ0n) is 18.3. The van der Waals surface area contributed by atoms with Crippen molar-refractivity contribution in [2.45, 2.75) is 17.9 Å². The monoisotopic (exact) mass is 502 g/mol. The van der Waals surface area contributed by atoms with Crippen LogP contribution in [0.5, 0.6) is 0 Å². The van der Waals surface area contributed by atoms with Crippen molar-refractivity contribution in [3.05, 3.63) is 78.3 Å². The van der Waals surface area contributed by atoms with Gasteiger partial charge in [-0.05, 0) is 61.5 Å². The van der Waals surface area contributed by atoms with Crippen molar-refractivity contribution in [2.24, 2.45) is 5.14 Å². The molecule has 0 spiro atoms. The van der Waals surface area contributed by atoms with Gasteiger partial charge in [0.1, 0.15) is 17.3 Å². The van der Waals surface area contributed by atoms with Gasteiger partial charge in [0.15, 0.2) is 11.5 Å². The number of aliphatic hydroxyl groups excluding tert-OH is 1. The van der Waals surface area contributed by atoms with Crippen molar-refractivity contribution < 1.29 is 31.5 Å². The maximum Gasteiger partial charge on any atom is 0.291 e. The standard InChI is InChI=1S/C23H20F2N4O5S/c1-13(11-30)29-12-27-21(14-2-4-15(24)5-3-14)22(29)19-8-9-20(34-19)23(31)28-18-7-6-16(10-17(18)25)35(26,32)33/h2-10,12-13,30H,11H2,1H3,(H,28,31)(H2,26,32,33). The fourth-order valence-electron chi connectivity index (χ4n) is 3.39. The largest absolute Gasteiger partial charge is 0.449 e. The van der Waals surface area contributed by atoms with E-state index in [1.165, 1.54) is 30.6 Å². The number of halogens is 2. The number of anilines is 1. The number of aromatic nitrogens is 2. The molecule has 4 rings (SSSR count). The molecule has 0 saturated carbocycles. The summed E-state index contributed by atoms with van der Waals surface area (Å²) in [5, 5.41) is 17.0. The van der Waals surface area contributed by atoms with E-state index in [0.717, 1.165) is 12.1 Å². The second kappa shape index (κ2) is 9.41. The Kier molecular flexibility index (Phi) is 6.52. The Hall–Kier alpha value is -3.87. The van der Waals surface area contributed by atoms with Crippen molar-refractivity contribution in [1.29, 1.82) is 0 Å². The topological polar surface area (TPSA) is 140 Å². The number of sulfonamides is 1. The first-order chi connectivity index (χ1) is 16.6. The van der Waals surface area contributed by atoms with Gasteiger partial charge in [-0.25, -0.2) is 27.3 Å². The van der Waals surface area contributed by atoms with E-state index in [9.17, 15) is 27.1 Å². The molecule has 2 aromatic carbocycles. The summed E-state index contributed by atoms with van der Waals surface area (Å²) in [5.74, 6) is -2.13. The van der Waals surface area contributed by atoms with Gasteiger partial charge in [-0.2, -0.15) is 0 Å². The second-order valence-corrected chi connectivity index (χ2v) is 9.25. The van der Waals surface area contributed by atoms with Crippen LogP contribution < -0.4 is 10.5 Å². The van der Waals surface area contributed by atoms with Crippen LogP contribution >= 0.6 is 0 Å². The molecule has 4 aromatic rings. The number of carbonyl (C=O) groups excluding carboxylic acids is 1. The molecule has 4 N–H and O–H groups in total. The van der Waals surface area contributed by atoms with E-state index in [4.69, 9.17) is 9.56 Å². The highest BCUT2D eigenvalue weighted by atomic mass is 32.2. The molecule has 0 saturated heterocycles. The van der Waals surface area contributed by atoms with E-state index in [2.05, 4.69) is 10.3 Å². The number of benzene rings is 2. The lowest BCUT2D eigenvalue weighted by Gasteiger charge is -2.14. The van der Waals surface area contributed by atoms with Crippen LogP contribution in [-0.2, 0) is 10.0 Å². The molecule has 12 heteroatoms. The number of hydrogen-bond donors (Lipinski definition) is 3. The molecule has 9 nitrogen and oxygen atoms in total. The van der Waals surface area contributed by atoms with Crippen LogP contribution in [0.3, 0.4) is 0 Å². The zero-order valence-corrected chi connectivity index (χ0v) is 19.1. The summed E-state index contributed by atoms with van der Waals surface area (Å²) in [4.78, 5) is 16.6. The van der Waals surface area contributed by atoms with Gasteiger partial charge >= 0.3 is 0 Å². The molecule has 0 bridgehead atoms. The van der Waals surface area contributed by atoms with Crippen LogP contribution in [0.1, 0.15) is 23.5 Å². The SMILES string of the molecule is CC(CO)n1cnc(-c2ccc(F)cc2)c1-c1ccc(C(=O)Nc2ccc(S(N)(=O)=O)cc2F)o1. The molecule has 1 atom stereocenters. The quantitative estimate of drug-likeness (QED) is 0.353. The van der Waals surface area contributed by atoms with Crippen LogP contribution in [0.4, 0.5) is 14.5 Å². The molecule has 1 unspecified atom stereocenters. The van der Waals surface area contributed by atoms with Gasteiger partial charge in [0.05, 0.1) is 35.3 Å². The first-order valence-electron chi connectivity index (χ1n) is 10.3. The molecule has 0 radical (unpaired) electrons. The number of amides is 1. The summed E-state index contributed by atoms with van der Waals surface area (Å²) in [7, 11) is -4.11. The third-order valence-electron chi connectivity index (χ3n) is 5.23. The maximum absolute atomic E-state index is 14.3. The molecular formula is C23H20F2N4O5S. The highest BCUT2D eigenvalue weighted by molar-refractivity contribution is 7.89. The Morgan fingerprint density at radius 2 is 1.89 bits per heavy atom. The molecule has 0 aliphatic heterocycles. The lowest BCUT2D eigenvalue weighted by atomic mass is 10.1. The Bertz CT molecular complexity index is 1500. The average Bonchev–Trinajstić information content (AvgIpc) is 3.47. The zero-order chi connectivity index (χ0) is 25.3. The minimum Gasteiger partial charge on any atom is -0.449 e. The first-order valence-corrected chi connectivity index (χ1v) is 11.8. The molecule has 35 heavy (non-hydrogen) atoms. The van der Waals surface area contributed by atoms with Gasteiger partial charge in [0.25, 0.3) is 5.91 Å². The number of imidazole rings is 1. The van der Waals surface area contributed by atoms with Crippen molar-refractivity contribution in [3.63, 3.8) is 0 Å². The molecule has 0 aliphatic carbocycles. The predicted molar refractivity (Wildman–Crippen MR) is 123 cm³/mol. The third kappa shape index (κ3) is 4.99. The number of nitrogens with two attached hydrogens (primary N) is 1. The average molecular weight is 502 g/mol. The number of nitrogens with one attached hydrogen (secondary N) is 1. The van der Waals surface area contributed by atoms with E-state index < -0.39 is 32.5 Å². The van der Waals surface area contributed by atoms with E-state index in [1.54, 1.807) is 23.6 Å². The fraction of sp³-hybridized carbons (Fsp3) is 0.130. The Labute approximate surface area is 198 Å². The normalized spacial score (nSPS) is 12.5. The van der Waals surface area contributed by atoms with Gasteiger partial charge in [-0.1, -0.05) is 0 Å². The minimum atomic E-state index is -4.11. The Balaban J connectivity index is 1.67. The van der Waals surface area contributed by atoms with Crippen molar-refractivity contribution in [1.82, 2.24) is 9.55 Å². The summed E-state index contributed by atoms with van der Waals surface area (Å²) in [6, 6.07) is 11.0. The van der Waals surface area contributed by atoms with Gasteiger partial charge in [-0.3, -0.25) is 4.79 Å². The van der Waals surface area contributed by atoms with E-state index in [0.29, 0.717) is 23.0 Å². The van der Waals surface area contributed by atoms with Crippen LogP contribution in [0.15, 0.2) is 70.2 Å². The number of hydrogen-bond acceptors (Lipinski definition) is 6. The smallest absolute Gasteiger partial charge is 0.291 e. The first kappa shape index (κ1) is 24.3. The summed E-state index contributed by atoms with van der Waals surface area (Å²) < 4.78 is 57.8. The van der Waals surface area contributed by atoms with E-state index in [1.807, 2.05) is 0 Å². The van der Waals surface area contributed by atoms with E-state index >= 15 is 0 Å². The third-order valence-corrected chi connectivity index (χ3v) is 6.14. The van der Waals surface area contributed by atoms with Crippen LogP contribution in [-0.4, -0.2) is 35.6 Å². The van der Waals surface area contributed by atoms with Crippen molar-refractivity contribution >= 4 is 21.6 Å². The number of nitrogens with zero attached hydrogens (tertiary/aromatic N) is 2. The lowest BCUT2D eigenvalue weighted by molar-refractivity contribution is 0.0997. The van der Waals surface area contributed by atoms with Crippen molar-refractivity contribution in [3.8, 4) is 22.7 Å². The molecule has 182 valence electrons. The van der Waals surface area contributed by atoms with Crippen LogP contribution in [0.25, 0.3) is 22.7 Å². The highest BCUT2D eigenvalue weighted by Crippen LogP contribution is 2.34. The number of furan rings is 1. The summed E-state index contributed by atoms with van der Waals surface area (Å²) in [5.41, 5.74) is 1.20. The Morgan fingerprint density at radius 1 is 1.17 bits per heavy atom. The van der Waals surface area contributed by atoms with E-state index in [-0.39, 0.29) is 29.9 Å². The van der Waals surface area contributed by atoms with Crippen LogP contribution in [0.2, 0.25) is 0 Å². The fourth-order valence-corrected chi connectivity index (χ4v) is 3.92. The second-order valence-electron chi connectivity index (χ2n) is 7.69. The molecule has 0 fully saturated rings. The van der Waals surface area contributed by atoms with Gasteiger partial charge < -0.3 is 19.4 Å². The predicted octanol–water partition coefficient (Wildman–Crippen LogP) is 3.54. The minimum absolute atomic E-state index is 0.163. The molecule has 2 aromatic heterocycles. The maximum atomic E-state index is 14.3. The number of rotatable bonds is 7. The number of carbonyl (C=O) groups is 1. The van der Waals surface area contributed by atoms with Gasteiger partial charge in [0, 0.05) is 5.56 Å². The highest BCUT2D eigenvalue weighted by Gasteiger charge is 2.23. The van der Waals surface area contributed by atoms with Gasteiger partial charge in [-0.15, -0.1) is 0 Å².